The lowest BCUT2D eigenvalue weighted by Gasteiger charge is -2.42. The summed E-state index contributed by atoms with van der Waals surface area (Å²) in [7, 11) is 0. The first-order valence-electron chi connectivity index (χ1n) is 7.63. The number of aliphatic hydroxyl groups excluding tert-OH is 1. The summed E-state index contributed by atoms with van der Waals surface area (Å²) in [6.07, 6.45) is 4.12. The molecule has 0 spiro atoms. The number of hydrogen-bond acceptors (Lipinski definition) is 2. The predicted octanol–water partition coefficient (Wildman–Crippen LogP) is 3.55. The summed E-state index contributed by atoms with van der Waals surface area (Å²) in [6, 6.07) is 8.43. The Morgan fingerprint density at radius 1 is 1.26 bits per heavy atom. The predicted molar refractivity (Wildman–Crippen MR) is 80.3 cm³/mol. The van der Waals surface area contributed by atoms with Gasteiger partial charge in [-0.25, -0.2) is 0 Å². The monoisotopic (exact) mass is 261 g/mol. The number of rotatable bonds is 5. The largest absolute Gasteiger partial charge is 0.386 e. The third kappa shape index (κ3) is 2.85. The molecule has 1 aliphatic heterocycles. The van der Waals surface area contributed by atoms with Crippen molar-refractivity contribution in [2.75, 3.05) is 13.1 Å². The zero-order chi connectivity index (χ0) is 13.9. The molecule has 1 aromatic carbocycles. The van der Waals surface area contributed by atoms with Gasteiger partial charge < -0.3 is 5.11 Å². The van der Waals surface area contributed by atoms with E-state index in [2.05, 4.69) is 49.9 Å². The van der Waals surface area contributed by atoms with Gasteiger partial charge in [-0.2, -0.15) is 0 Å². The molecule has 2 rings (SSSR count). The van der Waals surface area contributed by atoms with E-state index in [9.17, 15) is 5.11 Å². The van der Waals surface area contributed by atoms with Crippen LogP contribution < -0.4 is 0 Å². The molecular weight excluding hydrogens is 234 g/mol. The standard InChI is InChI=1S/C17H27NO/c1-4-14-9-8-10-15(13-14)16(19)17(3,5-2)18-11-6-7-12-18/h8-10,13,16,19H,4-7,11-12H2,1-3H3. The zero-order valence-electron chi connectivity index (χ0n) is 12.5. The van der Waals surface area contributed by atoms with Gasteiger partial charge in [0.2, 0.25) is 0 Å². The van der Waals surface area contributed by atoms with Gasteiger partial charge in [-0.05, 0) is 56.8 Å². The molecule has 1 fully saturated rings. The Balaban J connectivity index is 2.25. The van der Waals surface area contributed by atoms with Crippen molar-refractivity contribution in [1.29, 1.82) is 0 Å². The number of nitrogens with zero attached hydrogens (tertiary/aromatic N) is 1. The van der Waals surface area contributed by atoms with Gasteiger partial charge in [0.05, 0.1) is 6.10 Å². The molecular formula is C17H27NO. The van der Waals surface area contributed by atoms with Crippen LogP contribution in [0.15, 0.2) is 24.3 Å². The van der Waals surface area contributed by atoms with Crippen molar-refractivity contribution in [2.24, 2.45) is 0 Å². The quantitative estimate of drug-likeness (QED) is 0.876. The molecule has 1 heterocycles. The fraction of sp³-hybridized carbons (Fsp3) is 0.647. The minimum Gasteiger partial charge on any atom is -0.386 e. The maximum absolute atomic E-state index is 10.9. The van der Waals surface area contributed by atoms with E-state index >= 15 is 0 Å². The number of likely N-dealkylation sites (tertiary alicyclic amines) is 1. The highest BCUT2D eigenvalue weighted by Gasteiger charge is 2.39. The Labute approximate surface area is 117 Å². The lowest BCUT2D eigenvalue weighted by molar-refractivity contribution is -0.0140. The molecule has 1 N–H and O–H groups in total. The van der Waals surface area contributed by atoms with Gasteiger partial charge >= 0.3 is 0 Å². The second-order valence-electron chi connectivity index (χ2n) is 5.91. The highest BCUT2D eigenvalue weighted by atomic mass is 16.3. The summed E-state index contributed by atoms with van der Waals surface area (Å²) in [4.78, 5) is 2.47. The van der Waals surface area contributed by atoms with Crippen LogP contribution in [0.1, 0.15) is 57.3 Å². The first kappa shape index (κ1) is 14.5. The maximum Gasteiger partial charge on any atom is 0.0970 e. The van der Waals surface area contributed by atoms with E-state index in [0.29, 0.717) is 0 Å². The van der Waals surface area contributed by atoms with Gasteiger partial charge in [0.1, 0.15) is 0 Å². The Morgan fingerprint density at radius 3 is 2.53 bits per heavy atom. The topological polar surface area (TPSA) is 23.5 Å². The van der Waals surface area contributed by atoms with E-state index in [0.717, 1.165) is 31.5 Å². The molecule has 2 unspecified atom stereocenters. The molecule has 1 aromatic rings. The van der Waals surface area contributed by atoms with E-state index in [4.69, 9.17) is 0 Å². The van der Waals surface area contributed by atoms with Crippen molar-refractivity contribution in [2.45, 2.75) is 58.1 Å². The smallest absolute Gasteiger partial charge is 0.0970 e. The van der Waals surface area contributed by atoms with Gasteiger partial charge in [-0.15, -0.1) is 0 Å². The van der Waals surface area contributed by atoms with Gasteiger partial charge in [-0.1, -0.05) is 38.1 Å². The summed E-state index contributed by atoms with van der Waals surface area (Å²) < 4.78 is 0. The highest BCUT2D eigenvalue weighted by Crippen LogP contribution is 2.36. The Kier molecular flexibility index (Phi) is 4.64. The number of benzene rings is 1. The van der Waals surface area contributed by atoms with Gasteiger partial charge in [0, 0.05) is 5.54 Å². The lowest BCUT2D eigenvalue weighted by atomic mass is 9.85. The summed E-state index contributed by atoms with van der Waals surface area (Å²) in [5.41, 5.74) is 2.23. The first-order chi connectivity index (χ1) is 9.11. The molecule has 0 aliphatic carbocycles. The van der Waals surface area contributed by atoms with Crippen LogP contribution in [0.4, 0.5) is 0 Å². The fourth-order valence-electron chi connectivity index (χ4n) is 3.16. The minimum absolute atomic E-state index is 0.136. The maximum atomic E-state index is 10.9. The molecule has 2 atom stereocenters. The zero-order valence-corrected chi connectivity index (χ0v) is 12.5. The van der Waals surface area contributed by atoms with Crippen LogP contribution in [0.25, 0.3) is 0 Å². The van der Waals surface area contributed by atoms with Gasteiger partial charge in [-0.3, -0.25) is 4.90 Å². The van der Waals surface area contributed by atoms with Gasteiger partial charge in [0.15, 0.2) is 0 Å². The van der Waals surface area contributed by atoms with E-state index < -0.39 is 6.10 Å². The Morgan fingerprint density at radius 2 is 1.95 bits per heavy atom. The normalized spacial score (nSPS) is 21.3. The molecule has 1 aliphatic rings. The summed E-state index contributed by atoms with van der Waals surface area (Å²) >= 11 is 0. The Bertz CT molecular complexity index is 411. The second kappa shape index (κ2) is 6.06. The molecule has 1 saturated heterocycles. The van der Waals surface area contributed by atoms with E-state index in [1.165, 1.54) is 18.4 Å². The van der Waals surface area contributed by atoms with Crippen LogP contribution >= 0.6 is 0 Å². The average Bonchev–Trinajstić information content (AvgIpc) is 3.00. The van der Waals surface area contributed by atoms with E-state index in [-0.39, 0.29) is 5.54 Å². The van der Waals surface area contributed by atoms with Crippen LogP contribution in [0, 0.1) is 0 Å². The van der Waals surface area contributed by atoms with Crippen LogP contribution in [0.2, 0.25) is 0 Å². The third-order valence-electron chi connectivity index (χ3n) is 4.81. The van der Waals surface area contributed by atoms with Crippen molar-refractivity contribution in [3.05, 3.63) is 35.4 Å². The number of aryl methyl sites for hydroxylation is 1. The van der Waals surface area contributed by atoms with E-state index in [1.54, 1.807) is 0 Å². The van der Waals surface area contributed by atoms with Crippen LogP contribution in [-0.2, 0) is 6.42 Å². The second-order valence-corrected chi connectivity index (χ2v) is 5.91. The minimum atomic E-state index is -0.401. The number of hydrogen-bond donors (Lipinski definition) is 1. The molecule has 106 valence electrons. The molecule has 0 radical (unpaired) electrons. The summed E-state index contributed by atoms with van der Waals surface area (Å²) in [5, 5.41) is 10.9. The van der Waals surface area contributed by atoms with Crippen molar-refractivity contribution < 1.29 is 5.11 Å². The molecule has 0 amide bonds. The van der Waals surface area contributed by atoms with Crippen molar-refractivity contribution in [3.63, 3.8) is 0 Å². The lowest BCUT2D eigenvalue weighted by Crippen LogP contribution is -2.48. The summed E-state index contributed by atoms with van der Waals surface area (Å²) in [5.74, 6) is 0. The fourth-order valence-corrected chi connectivity index (χ4v) is 3.16. The molecule has 0 bridgehead atoms. The van der Waals surface area contributed by atoms with Crippen LogP contribution in [-0.4, -0.2) is 28.6 Å². The van der Waals surface area contributed by atoms with Crippen LogP contribution in [0.3, 0.4) is 0 Å². The third-order valence-corrected chi connectivity index (χ3v) is 4.81. The molecule has 2 nitrogen and oxygen atoms in total. The van der Waals surface area contributed by atoms with Crippen molar-refractivity contribution in [3.8, 4) is 0 Å². The van der Waals surface area contributed by atoms with E-state index in [1.807, 2.05) is 0 Å². The van der Waals surface area contributed by atoms with Crippen LogP contribution in [0.5, 0.6) is 0 Å². The SMILES string of the molecule is CCc1cccc(C(O)C(C)(CC)N2CCCC2)c1. The van der Waals surface area contributed by atoms with Crippen molar-refractivity contribution in [1.82, 2.24) is 4.90 Å². The molecule has 0 aromatic heterocycles. The van der Waals surface area contributed by atoms with Crippen molar-refractivity contribution >= 4 is 0 Å². The summed E-state index contributed by atoms with van der Waals surface area (Å²) in [6.45, 7) is 8.79. The molecule has 2 heteroatoms. The Hall–Kier alpha value is -0.860. The first-order valence-corrected chi connectivity index (χ1v) is 7.63. The van der Waals surface area contributed by atoms with Gasteiger partial charge in [0.25, 0.3) is 0 Å². The molecule has 19 heavy (non-hydrogen) atoms. The molecule has 0 saturated carbocycles. The average molecular weight is 261 g/mol. The highest BCUT2D eigenvalue weighted by molar-refractivity contribution is 5.27. The number of aliphatic hydroxyl groups is 1.